The van der Waals surface area contributed by atoms with Crippen LogP contribution >= 0.6 is 0 Å². The molecular weight excluding hydrogens is 324 g/mol. The molecule has 0 spiro atoms. The van der Waals surface area contributed by atoms with Gasteiger partial charge in [0.05, 0.1) is 0 Å². The molecule has 0 amide bonds. The van der Waals surface area contributed by atoms with Gasteiger partial charge in [0.2, 0.25) is 5.95 Å². The van der Waals surface area contributed by atoms with Gasteiger partial charge >= 0.3 is 0 Å². The largest absolute Gasteiger partial charge is 0.372 e. The average molecular weight is 355 g/mol. The highest BCUT2D eigenvalue weighted by Gasteiger charge is 2.17. The highest BCUT2D eigenvalue weighted by molar-refractivity contribution is 5.61. The number of piperazine rings is 1. The summed E-state index contributed by atoms with van der Waals surface area (Å²) in [4.78, 5) is 16.2. The summed E-state index contributed by atoms with van der Waals surface area (Å²) in [5.74, 6) is 1.65. The summed E-state index contributed by atoms with van der Waals surface area (Å²) in [7, 11) is 0. The fraction of sp³-hybridized carbons (Fsp3) is 0.500. The van der Waals surface area contributed by atoms with Crippen molar-refractivity contribution in [2.24, 2.45) is 0 Å². The number of nitrogens with one attached hydrogen (secondary N) is 1. The second-order valence-electron chi connectivity index (χ2n) is 6.51. The van der Waals surface area contributed by atoms with Crippen molar-refractivity contribution in [2.45, 2.75) is 20.8 Å². The van der Waals surface area contributed by atoms with Crippen LogP contribution in [0.15, 0.2) is 36.5 Å². The first-order chi connectivity index (χ1) is 12.7. The van der Waals surface area contributed by atoms with E-state index in [-0.39, 0.29) is 0 Å². The lowest BCUT2D eigenvalue weighted by molar-refractivity contribution is 0.270. The Balaban J connectivity index is 1.65. The Morgan fingerprint density at radius 2 is 1.65 bits per heavy atom. The second kappa shape index (κ2) is 8.85. The molecule has 0 saturated carbocycles. The highest BCUT2D eigenvalue weighted by Crippen LogP contribution is 2.21. The summed E-state index contributed by atoms with van der Waals surface area (Å²) in [5.41, 5.74) is 2.29. The zero-order chi connectivity index (χ0) is 18.4. The molecule has 0 aliphatic carbocycles. The summed E-state index contributed by atoms with van der Waals surface area (Å²) >= 11 is 0. The molecule has 0 radical (unpaired) electrons. The van der Waals surface area contributed by atoms with Crippen LogP contribution in [0.25, 0.3) is 0 Å². The molecule has 0 bridgehead atoms. The Morgan fingerprint density at radius 1 is 0.962 bits per heavy atom. The number of anilines is 4. The Bertz CT molecular complexity index is 675. The highest BCUT2D eigenvalue weighted by atomic mass is 15.3. The number of aromatic nitrogens is 2. The lowest BCUT2D eigenvalue weighted by Gasteiger charge is -2.34. The smallest absolute Gasteiger partial charge is 0.227 e. The van der Waals surface area contributed by atoms with E-state index >= 15 is 0 Å². The van der Waals surface area contributed by atoms with E-state index in [1.165, 1.54) is 5.69 Å². The van der Waals surface area contributed by atoms with Gasteiger partial charge < -0.3 is 20.0 Å². The van der Waals surface area contributed by atoms with E-state index in [0.717, 1.165) is 63.3 Å². The van der Waals surface area contributed by atoms with Gasteiger partial charge in [0, 0.05) is 56.8 Å². The molecule has 2 heterocycles. The van der Waals surface area contributed by atoms with Crippen LogP contribution in [0.2, 0.25) is 0 Å². The average Bonchev–Trinajstić information content (AvgIpc) is 2.70. The van der Waals surface area contributed by atoms with Crippen LogP contribution in [0.3, 0.4) is 0 Å². The molecular formula is C20H30N6. The summed E-state index contributed by atoms with van der Waals surface area (Å²) in [6.45, 7) is 13.8. The van der Waals surface area contributed by atoms with Crippen molar-refractivity contribution in [3.8, 4) is 0 Å². The van der Waals surface area contributed by atoms with Gasteiger partial charge in [-0.25, -0.2) is 4.98 Å². The van der Waals surface area contributed by atoms with Crippen molar-refractivity contribution in [1.82, 2.24) is 14.9 Å². The first-order valence-electron chi connectivity index (χ1n) is 9.65. The molecule has 1 saturated heterocycles. The van der Waals surface area contributed by atoms with Crippen LogP contribution < -0.4 is 15.1 Å². The minimum atomic E-state index is 0.811. The van der Waals surface area contributed by atoms with E-state index in [9.17, 15) is 0 Å². The van der Waals surface area contributed by atoms with Crippen LogP contribution in [0, 0.1) is 0 Å². The molecule has 1 N–H and O–H groups in total. The first kappa shape index (κ1) is 18.5. The Hall–Kier alpha value is -2.34. The SMILES string of the molecule is CCN1CCN(c2nccc(Nc3ccc(N(CC)CC)cc3)n2)CC1. The number of likely N-dealkylation sites (N-methyl/N-ethyl adjacent to an activating group) is 1. The van der Waals surface area contributed by atoms with Crippen LogP contribution in [0.4, 0.5) is 23.1 Å². The third kappa shape index (κ3) is 4.43. The van der Waals surface area contributed by atoms with Crippen LogP contribution in [0.1, 0.15) is 20.8 Å². The Labute approximate surface area is 156 Å². The van der Waals surface area contributed by atoms with Gasteiger partial charge in [0.25, 0.3) is 0 Å². The first-order valence-corrected chi connectivity index (χ1v) is 9.65. The van der Waals surface area contributed by atoms with Gasteiger partial charge in [-0.3, -0.25) is 0 Å². The Morgan fingerprint density at radius 3 is 2.27 bits per heavy atom. The molecule has 1 aliphatic heterocycles. The molecule has 2 aromatic rings. The number of hydrogen-bond donors (Lipinski definition) is 1. The normalized spacial score (nSPS) is 15.1. The molecule has 0 unspecified atom stereocenters. The number of hydrogen-bond acceptors (Lipinski definition) is 6. The fourth-order valence-electron chi connectivity index (χ4n) is 3.33. The van der Waals surface area contributed by atoms with Crippen LogP contribution in [-0.4, -0.2) is 60.7 Å². The molecule has 6 nitrogen and oxygen atoms in total. The minimum Gasteiger partial charge on any atom is -0.372 e. The van der Waals surface area contributed by atoms with Gasteiger partial charge in [-0.05, 0) is 50.7 Å². The van der Waals surface area contributed by atoms with E-state index in [2.05, 4.69) is 70.0 Å². The summed E-state index contributed by atoms with van der Waals surface area (Å²) in [6.07, 6.45) is 1.83. The zero-order valence-corrected chi connectivity index (χ0v) is 16.1. The molecule has 0 atom stereocenters. The molecule has 1 fully saturated rings. The number of rotatable bonds is 7. The van der Waals surface area contributed by atoms with Crippen molar-refractivity contribution in [2.75, 3.05) is 60.9 Å². The third-order valence-electron chi connectivity index (χ3n) is 5.01. The summed E-state index contributed by atoms with van der Waals surface area (Å²) < 4.78 is 0. The number of benzene rings is 1. The second-order valence-corrected chi connectivity index (χ2v) is 6.51. The lowest BCUT2D eigenvalue weighted by Crippen LogP contribution is -2.46. The fourth-order valence-corrected chi connectivity index (χ4v) is 3.33. The monoisotopic (exact) mass is 354 g/mol. The van der Waals surface area contributed by atoms with Crippen molar-refractivity contribution in [3.63, 3.8) is 0 Å². The van der Waals surface area contributed by atoms with Crippen molar-refractivity contribution in [3.05, 3.63) is 36.5 Å². The van der Waals surface area contributed by atoms with Crippen LogP contribution in [0.5, 0.6) is 0 Å². The maximum atomic E-state index is 4.71. The molecule has 1 aromatic carbocycles. The van der Waals surface area contributed by atoms with E-state index in [4.69, 9.17) is 4.98 Å². The molecule has 26 heavy (non-hydrogen) atoms. The predicted octanol–water partition coefficient (Wildman–Crippen LogP) is 3.21. The van der Waals surface area contributed by atoms with E-state index in [0.29, 0.717) is 0 Å². The third-order valence-corrected chi connectivity index (χ3v) is 5.01. The molecule has 140 valence electrons. The topological polar surface area (TPSA) is 47.5 Å². The van der Waals surface area contributed by atoms with Crippen LogP contribution in [-0.2, 0) is 0 Å². The molecule has 1 aliphatic rings. The zero-order valence-electron chi connectivity index (χ0n) is 16.1. The predicted molar refractivity (Wildman–Crippen MR) is 110 cm³/mol. The minimum absolute atomic E-state index is 0.811. The van der Waals surface area contributed by atoms with Gasteiger partial charge in [0.1, 0.15) is 5.82 Å². The van der Waals surface area contributed by atoms with Crippen molar-refractivity contribution < 1.29 is 0 Å². The Kier molecular flexibility index (Phi) is 6.28. The maximum absolute atomic E-state index is 4.71. The van der Waals surface area contributed by atoms with E-state index in [1.54, 1.807) is 0 Å². The maximum Gasteiger partial charge on any atom is 0.227 e. The lowest BCUT2D eigenvalue weighted by atomic mass is 10.2. The van der Waals surface area contributed by atoms with E-state index < -0.39 is 0 Å². The number of nitrogens with zero attached hydrogens (tertiary/aromatic N) is 5. The van der Waals surface area contributed by atoms with Gasteiger partial charge in [0.15, 0.2) is 0 Å². The van der Waals surface area contributed by atoms with Crippen molar-refractivity contribution in [1.29, 1.82) is 0 Å². The summed E-state index contributed by atoms with van der Waals surface area (Å²) in [6, 6.07) is 10.4. The molecule has 1 aromatic heterocycles. The molecule has 6 heteroatoms. The van der Waals surface area contributed by atoms with Crippen molar-refractivity contribution >= 4 is 23.1 Å². The van der Waals surface area contributed by atoms with Gasteiger partial charge in [-0.15, -0.1) is 0 Å². The van der Waals surface area contributed by atoms with Gasteiger partial charge in [-0.2, -0.15) is 4.98 Å². The molecule has 3 rings (SSSR count). The van der Waals surface area contributed by atoms with E-state index in [1.807, 2.05) is 12.3 Å². The standard InChI is InChI=1S/C20H30N6/c1-4-24-13-15-26(16-14-24)20-21-12-11-19(23-20)22-17-7-9-18(10-8-17)25(5-2)6-3/h7-12H,4-6,13-16H2,1-3H3,(H,21,22,23). The summed E-state index contributed by atoms with van der Waals surface area (Å²) in [5, 5.41) is 3.40. The van der Waals surface area contributed by atoms with Gasteiger partial charge in [-0.1, -0.05) is 6.92 Å². The quantitative estimate of drug-likeness (QED) is 0.824.